The van der Waals surface area contributed by atoms with Crippen LogP contribution in [0, 0.1) is 6.92 Å². The summed E-state index contributed by atoms with van der Waals surface area (Å²) in [4.78, 5) is 1.18. The quantitative estimate of drug-likeness (QED) is 0.814. The molecule has 19 heavy (non-hydrogen) atoms. The van der Waals surface area contributed by atoms with Crippen LogP contribution in [-0.4, -0.2) is 17.0 Å². The minimum absolute atomic E-state index is 0.313. The van der Waals surface area contributed by atoms with Crippen LogP contribution in [0.1, 0.15) is 11.1 Å². The molecule has 2 rings (SSSR count). The van der Waals surface area contributed by atoms with Crippen LogP contribution in [0.2, 0.25) is 0 Å². The summed E-state index contributed by atoms with van der Waals surface area (Å²) in [5.74, 6) is 0.713. The molecule has 0 saturated heterocycles. The highest BCUT2D eigenvalue weighted by Crippen LogP contribution is 2.23. The molecule has 0 saturated carbocycles. The molecule has 0 bridgehead atoms. The van der Waals surface area contributed by atoms with E-state index in [2.05, 4.69) is 59.3 Å². The zero-order chi connectivity index (χ0) is 13.7. The van der Waals surface area contributed by atoms with Gasteiger partial charge in [0.05, 0.1) is 6.10 Å². The molecule has 3 heteroatoms. The van der Waals surface area contributed by atoms with Crippen molar-refractivity contribution in [2.24, 2.45) is 0 Å². The van der Waals surface area contributed by atoms with Crippen LogP contribution < -0.4 is 0 Å². The van der Waals surface area contributed by atoms with Gasteiger partial charge in [-0.1, -0.05) is 51.8 Å². The van der Waals surface area contributed by atoms with E-state index < -0.39 is 0 Å². The van der Waals surface area contributed by atoms with Gasteiger partial charge in [-0.15, -0.1) is 11.8 Å². The first-order valence-electron chi connectivity index (χ1n) is 6.25. The van der Waals surface area contributed by atoms with E-state index in [0.29, 0.717) is 12.2 Å². The van der Waals surface area contributed by atoms with E-state index in [-0.39, 0.29) is 6.10 Å². The third kappa shape index (κ3) is 5.01. The maximum absolute atomic E-state index is 10.1. The molecule has 0 radical (unpaired) electrons. The summed E-state index contributed by atoms with van der Waals surface area (Å²) in [5, 5.41) is 10.1. The Morgan fingerprint density at radius 2 is 1.89 bits per heavy atom. The van der Waals surface area contributed by atoms with Gasteiger partial charge >= 0.3 is 0 Å². The normalized spacial score (nSPS) is 12.4. The monoisotopic (exact) mass is 336 g/mol. The van der Waals surface area contributed by atoms with Crippen molar-refractivity contribution in [2.45, 2.75) is 24.3 Å². The third-order valence-electron chi connectivity index (χ3n) is 2.83. The summed E-state index contributed by atoms with van der Waals surface area (Å²) in [7, 11) is 0. The minimum atomic E-state index is -0.313. The number of halogens is 1. The van der Waals surface area contributed by atoms with Crippen molar-refractivity contribution in [3.63, 3.8) is 0 Å². The Morgan fingerprint density at radius 3 is 2.58 bits per heavy atom. The van der Waals surface area contributed by atoms with E-state index in [4.69, 9.17) is 0 Å². The van der Waals surface area contributed by atoms with Crippen molar-refractivity contribution < 1.29 is 5.11 Å². The van der Waals surface area contributed by atoms with Gasteiger partial charge < -0.3 is 5.11 Å². The molecule has 2 aromatic rings. The van der Waals surface area contributed by atoms with Crippen LogP contribution in [0.3, 0.4) is 0 Å². The van der Waals surface area contributed by atoms with Gasteiger partial charge in [0.1, 0.15) is 0 Å². The standard InChI is InChI=1S/C16H17BrOS/c1-12-5-7-13(8-6-12)9-15(18)11-19-16-4-2-3-14(17)10-16/h2-8,10,15,18H,9,11H2,1H3. The van der Waals surface area contributed by atoms with E-state index in [1.54, 1.807) is 11.8 Å². The minimum Gasteiger partial charge on any atom is -0.392 e. The Bertz CT molecular complexity index is 525. The lowest BCUT2D eigenvalue weighted by Crippen LogP contribution is -2.13. The maximum atomic E-state index is 10.1. The van der Waals surface area contributed by atoms with E-state index in [9.17, 15) is 5.11 Å². The van der Waals surface area contributed by atoms with E-state index in [1.165, 1.54) is 16.0 Å². The Morgan fingerprint density at radius 1 is 1.16 bits per heavy atom. The summed E-state index contributed by atoms with van der Waals surface area (Å²) < 4.78 is 1.07. The second kappa shape index (κ2) is 7.13. The number of benzene rings is 2. The van der Waals surface area contributed by atoms with Crippen LogP contribution in [-0.2, 0) is 6.42 Å². The van der Waals surface area contributed by atoms with Crippen LogP contribution in [0.4, 0.5) is 0 Å². The molecule has 0 amide bonds. The van der Waals surface area contributed by atoms with Gasteiger partial charge in [0.2, 0.25) is 0 Å². The molecule has 0 spiro atoms. The number of hydrogen-bond acceptors (Lipinski definition) is 2. The van der Waals surface area contributed by atoms with Gasteiger partial charge in [0.15, 0.2) is 0 Å². The van der Waals surface area contributed by atoms with Gasteiger partial charge in [0, 0.05) is 15.1 Å². The zero-order valence-electron chi connectivity index (χ0n) is 10.8. The first-order valence-corrected chi connectivity index (χ1v) is 8.03. The predicted molar refractivity (Wildman–Crippen MR) is 85.8 cm³/mol. The Balaban J connectivity index is 1.84. The van der Waals surface area contributed by atoms with Crippen LogP contribution in [0.15, 0.2) is 57.9 Å². The molecule has 100 valence electrons. The highest BCUT2D eigenvalue weighted by atomic mass is 79.9. The van der Waals surface area contributed by atoms with Gasteiger partial charge in [-0.3, -0.25) is 0 Å². The lowest BCUT2D eigenvalue weighted by molar-refractivity contribution is 0.200. The SMILES string of the molecule is Cc1ccc(CC(O)CSc2cccc(Br)c2)cc1. The fourth-order valence-corrected chi connectivity index (χ4v) is 3.24. The first kappa shape index (κ1) is 14.6. The average Bonchev–Trinajstić information content (AvgIpc) is 2.39. The molecule has 0 aliphatic carbocycles. The number of aliphatic hydroxyl groups excluding tert-OH is 1. The number of aliphatic hydroxyl groups is 1. The van der Waals surface area contributed by atoms with Crippen molar-refractivity contribution in [1.29, 1.82) is 0 Å². The molecule has 1 N–H and O–H groups in total. The lowest BCUT2D eigenvalue weighted by atomic mass is 10.1. The fourth-order valence-electron chi connectivity index (χ4n) is 1.80. The van der Waals surface area contributed by atoms with Gasteiger partial charge in [-0.25, -0.2) is 0 Å². The number of hydrogen-bond donors (Lipinski definition) is 1. The average molecular weight is 337 g/mol. The van der Waals surface area contributed by atoms with E-state index in [0.717, 1.165) is 4.47 Å². The summed E-state index contributed by atoms with van der Waals surface area (Å²) >= 11 is 5.14. The predicted octanol–water partition coefficient (Wildman–Crippen LogP) is 4.45. The third-order valence-corrected chi connectivity index (χ3v) is 4.46. The second-order valence-electron chi connectivity index (χ2n) is 4.61. The zero-order valence-corrected chi connectivity index (χ0v) is 13.2. The molecule has 0 aliphatic heterocycles. The molecule has 0 fully saturated rings. The molecule has 0 aliphatic rings. The van der Waals surface area contributed by atoms with E-state index >= 15 is 0 Å². The molecular weight excluding hydrogens is 320 g/mol. The molecule has 0 heterocycles. The molecule has 1 nitrogen and oxygen atoms in total. The molecule has 2 aromatic carbocycles. The van der Waals surface area contributed by atoms with Crippen molar-refractivity contribution >= 4 is 27.7 Å². The largest absolute Gasteiger partial charge is 0.392 e. The highest BCUT2D eigenvalue weighted by molar-refractivity contribution is 9.10. The van der Waals surface area contributed by atoms with Crippen LogP contribution >= 0.6 is 27.7 Å². The lowest BCUT2D eigenvalue weighted by Gasteiger charge is -2.10. The molecule has 0 aromatic heterocycles. The van der Waals surface area contributed by atoms with Gasteiger partial charge in [0.25, 0.3) is 0 Å². The Labute approximate surface area is 127 Å². The van der Waals surface area contributed by atoms with Crippen molar-refractivity contribution in [2.75, 3.05) is 5.75 Å². The van der Waals surface area contributed by atoms with Crippen LogP contribution in [0.25, 0.3) is 0 Å². The molecular formula is C16H17BrOS. The van der Waals surface area contributed by atoms with Gasteiger partial charge in [-0.05, 0) is 37.1 Å². The summed E-state index contributed by atoms with van der Waals surface area (Å²) in [6.07, 6.45) is 0.396. The fraction of sp³-hybridized carbons (Fsp3) is 0.250. The summed E-state index contributed by atoms with van der Waals surface area (Å²) in [5.41, 5.74) is 2.44. The highest BCUT2D eigenvalue weighted by Gasteiger charge is 2.06. The summed E-state index contributed by atoms with van der Waals surface area (Å²) in [6.45, 7) is 2.07. The molecule has 1 atom stereocenters. The van der Waals surface area contributed by atoms with Gasteiger partial charge in [-0.2, -0.15) is 0 Å². The number of rotatable bonds is 5. The smallest absolute Gasteiger partial charge is 0.0674 e. The van der Waals surface area contributed by atoms with Crippen molar-refractivity contribution in [3.05, 3.63) is 64.1 Å². The first-order chi connectivity index (χ1) is 9.13. The second-order valence-corrected chi connectivity index (χ2v) is 6.62. The van der Waals surface area contributed by atoms with Crippen molar-refractivity contribution in [1.82, 2.24) is 0 Å². The van der Waals surface area contributed by atoms with Crippen molar-refractivity contribution in [3.8, 4) is 0 Å². The number of thioether (sulfide) groups is 1. The molecule has 1 unspecified atom stereocenters. The maximum Gasteiger partial charge on any atom is 0.0674 e. The Kier molecular flexibility index (Phi) is 5.49. The number of aryl methyl sites for hydroxylation is 1. The van der Waals surface area contributed by atoms with E-state index in [1.807, 2.05) is 12.1 Å². The summed E-state index contributed by atoms with van der Waals surface area (Å²) in [6, 6.07) is 16.5. The topological polar surface area (TPSA) is 20.2 Å². The Hall–Kier alpha value is -0.770. The van der Waals surface area contributed by atoms with Crippen LogP contribution in [0.5, 0.6) is 0 Å².